The quantitative estimate of drug-likeness (QED) is 0.273. The van der Waals surface area contributed by atoms with Crippen LogP contribution in [0.5, 0.6) is 0 Å². The van der Waals surface area contributed by atoms with Crippen molar-refractivity contribution in [3.8, 4) is 0 Å². The first kappa shape index (κ1) is 9.71. The minimum Gasteiger partial charge on any atom is -0.380 e. The zero-order valence-corrected chi connectivity index (χ0v) is 6.58. The van der Waals surface area contributed by atoms with Crippen LogP contribution in [0, 0.1) is 0 Å². The third-order valence-corrected chi connectivity index (χ3v) is 1.07. The van der Waals surface area contributed by atoms with E-state index in [1.54, 1.807) is 18.3 Å². The standard InChI is InChI=1S/C6H8N4.ClH/c7-6(10-8)5-3-1-2-4-9-5;/h1-4H,8H2,(H2,7,10);1H. The van der Waals surface area contributed by atoms with Gasteiger partial charge in [-0.25, -0.2) is 0 Å². The van der Waals surface area contributed by atoms with Crippen molar-refractivity contribution < 1.29 is 0 Å². The van der Waals surface area contributed by atoms with Crippen LogP contribution in [0.4, 0.5) is 0 Å². The summed E-state index contributed by atoms with van der Waals surface area (Å²) in [7, 11) is 0. The molecule has 0 aliphatic carbocycles. The highest BCUT2D eigenvalue weighted by atomic mass is 35.5. The lowest BCUT2D eigenvalue weighted by molar-refractivity contribution is 1.19. The highest BCUT2D eigenvalue weighted by Gasteiger charge is 1.94. The Labute approximate surface area is 70.7 Å². The average Bonchev–Trinajstić information content (AvgIpc) is 2.05. The second kappa shape index (κ2) is 4.51. The average molecular weight is 173 g/mol. The van der Waals surface area contributed by atoms with E-state index in [0.717, 1.165) is 0 Å². The fraction of sp³-hybridized carbons (Fsp3) is 0. The predicted octanol–water partition coefficient (Wildman–Crippen LogP) is 0.0824. The van der Waals surface area contributed by atoms with Gasteiger partial charge in [0.15, 0.2) is 5.84 Å². The fourth-order valence-electron chi connectivity index (χ4n) is 0.580. The molecule has 0 bridgehead atoms. The molecule has 0 saturated carbocycles. The van der Waals surface area contributed by atoms with Crippen molar-refractivity contribution in [2.75, 3.05) is 0 Å². The number of hydrogen-bond donors (Lipinski definition) is 2. The molecule has 0 atom stereocenters. The van der Waals surface area contributed by atoms with Crippen LogP contribution in [-0.2, 0) is 0 Å². The molecule has 1 rings (SSSR count). The Hall–Kier alpha value is -1.29. The Balaban J connectivity index is 0.000001000. The van der Waals surface area contributed by atoms with Crippen LogP contribution >= 0.6 is 12.4 Å². The topological polar surface area (TPSA) is 77.3 Å². The number of hydrazone groups is 1. The summed E-state index contributed by atoms with van der Waals surface area (Å²) in [5.74, 6) is 5.18. The number of pyridine rings is 1. The maximum absolute atomic E-state index is 5.36. The van der Waals surface area contributed by atoms with Crippen molar-refractivity contribution in [2.45, 2.75) is 0 Å². The number of nitrogens with two attached hydrogens (primary N) is 2. The van der Waals surface area contributed by atoms with Crippen LogP contribution in [0.15, 0.2) is 29.5 Å². The largest absolute Gasteiger partial charge is 0.380 e. The molecule has 4 N–H and O–H groups in total. The molecular formula is C6H9ClN4. The van der Waals surface area contributed by atoms with Crippen molar-refractivity contribution in [1.82, 2.24) is 4.98 Å². The molecule has 11 heavy (non-hydrogen) atoms. The molecule has 0 aromatic carbocycles. The van der Waals surface area contributed by atoms with Crippen molar-refractivity contribution in [1.29, 1.82) is 0 Å². The van der Waals surface area contributed by atoms with Gasteiger partial charge < -0.3 is 11.6 Å². The minimum absolute atomic E-state index is 0. The lowest BCUT2D eigenvalue weighted by atomic mass is 10.3. The third kappa shape index (κ3) is 2.43. The molecule has 1 aromatic rings. The summed E-state index contributed by atoms with van der Waals surface area (Å²) < 4.78 is 0. The minimum atomic E-state index is 0. The van der Waals surface area contributed by atoms with Crippen molar-refractivity contribution in [2.24, 2.45) is 16.7 Å². The zero-order valence-electron chi connectivity index (χ0n) is 5.77. The first-order chi connectivity index (χ1) is 4.84. The summed E-state index contributed by atoms with van der Waals surface area (Å²) in [5, 5.41) is 3.29. The normalized spacial score (nSPS) is 10.4. The number of halogens is 1. The summed E-state index contributed by atoms with van der Waals surface area (Å²) in [6, 6.07) is 5.36. The first-order valence-electron chi connectivity index (χ1n) is 2.79. The maximum Gasteiger partial charge on any atom is 0.168 e. The smallest absolute Gasteiger partial charge is 0.168 e. The van der Waals surface area contributed by atoms with Gasteiger partial charge in [0.25, 0.3) is 0 Å². The molecule has 5 heteroatoms. The van der Waals surface area contributed by atoms with Gasteiger partial charge in [0.1, 0.15) is 5.69 Å². The summed E-state index contributed by atoms with van der Waals surface area (Å²) >= 11 is 0. The van der Waals surface area contributed by atoms with Gasteiger partial charge in [0.05, 0.1) is 0 Å². The summed E-state index contributed by atoms with van der Waals surface area (Å²) in [5.41, 5.74) is 5.96. The molecule has 0 radical (unpaired) electrons. The number of nitrogens with zero attached hydrogens (tertiary/aromatic N) is 2. The van der Waals surface area contributed by atoms with Crippen LogP contribution < -0.4 is 11.6 Å². The van der Waals surface area contributed by atoms with E-state index in [2.05, 4.69) is 10.1 Å². The van der Waals surface area contributed by atoms with Gasteiger partial charge in [-0.1, -0.05) is 6.07 Å². The van der Waals surface area contributed by atoms with Crippen molar-refractivity contribution >= 4 is 18.2 Å². The van der Waals surface area contributed by atoms with E-state index in [9.17, 15) is 0 Å². The van der Waals surface area contributed by atoms with Crippen LogP contribution in [0.2, 0.25) is 0 Å². The summed E-state index contributed by atoms with van der Waals surface area (Å²) in [6.07, 6.45) is 1.63. The molecule has 0 fully saturated rings. The Bertz CT molecular complexity index is 234. The van der Waals surface area contributed by atoms with Crippen LogP contribution in [-0.4, -0.2) is 10.8 Å². The predicted molar refractivity (Wildman–Crippen MR) is 46.4 cm³/mol. The van der Waals surface area contributed by atoms with E-state index in [-0.39, 0.29) is 18.2 Å². The first-order valence-corrected chi connectivity index (χ1v) is 2.79. The summed E-state index contributed by atoms with van der Waals surface area (Å²) in [6.45, 7) is 0. The van der Waals surface area contributed by atoms with Crippen molar-refractivity contribution in [3.05, 3.63) is 30.1 Å². The highest BCUT2D eigenvalue weighted by Crippen LogP contribution is 1.90. The molecule has 1 heterocycles. The van der Waals surface area contributed by atoms with Gasteiger partial charge in [-0.3, -0.25) is 4.98 Å². The number of amidine groups is 1. The molecule has 0 unspecified atom stereocenters. The van der Waals surface area contributed by atoms with Crippen LogP contribution in [0.3, 0.4) is 0 Å². The SMILES string of the molecule is Cl.N/N=C(\N)c1ccccn1. The molecule has 1 aromatic heterocycles. The van der Waals surface area contributed by atoms with E-state index in [1.807, 2.05) is 6.07 Å². The monoisotopic (exact) mass is 172 g/mol. The molecule has 60 valence electrons. The molecule has 0 saturated heterocycles. The van der Waals surface area contributed by atoms with E-state index in [4.69, 9.17) is 11.6 Å². The molecule has 4 nitrogen and oxygen atoms in total. The van der Waals surface area contributed by atoms with Gasteiger partial charge in [0, 0.05) is 6.20 Å². The Morgan fingerprint density at radius 3 is 2.64 bits per heavy atom. The lowest BCUT2D eigenvalue weighted by Crippen LogP contribution is -2.16. The molecule has 0 spiro atoms. The number of hydrogen-bond acceptors (Lipinski definition) is 3. The molecular weight excluding hydrogens is 164 g/mol. The highest BCUT2D eigenvalue weighted by molar-refractivity contribution is 5.95. The van der Waals surface area contributed by atoms with Gasteiger partial charge in [-0.15, -0.1) is 12.4 Å². The fourth-order valence-corrected chi connectivity index (χ4v) is 0.580. The summed E-state index contributed by atoms with van der Waals surface area (Å²) in [4.78, 5) is 3.91. The number of aromatic nitrogens is 1. The van der Waals surface area contributed by atoms with Gasteiger partial charge in [0.2, 0.25) is 0 Å². The van der Waals surface area contributed by atoms with Crippen molar-refractivity contribution in [3.63, 3.8) is 0 Å². The second-order valence-electron chi connectivity index (χ2n) is 1.73. The Kier molecular flexibility index (Phi) is 3.98. The third-order valence-electron chi connectivity index (χ3n) is 1.07. The van der Waals surface area contributed by atoms with E-state index in [1.165, 1.54) is 0 Å². The lowest BCUT2D eigenvalue weighted by Gasteiger charge is -1.94. The second-order valence-corrected chi connectivity index (χ2v) is 1.73. The van der Waals surface area contributed by atoms with Gasteiger partial charge in [-0.2, -0.15) is 5.10 Å². The molecule has 0 aliphatic rings. The Morgan fingerprint density at radius 1 is 1.45 bits per heavy atom. The van der Waals surface area contributed by atoms with Crippen LogP contribution in [0.1, 0.15) is 5.69 Å². The molecule has 0 amide bonds. The van der Waals surface area contributed by atoms with Gasteiger partial charge in [-0.05, 0) is 12.1 Å². The van der Waals surface area contributed by atoms with E-state index in [0.29, 0.717) is 5.69 Å². The number of rotatable bonds is 1. The van der Waals surface area contributed by atoms with Gasteiger partial charge >= 0.3 is 0 Å². The zero-order chi connectivity index (χ0) is 7.40. The molecule has 0 aliphatic heterocycles. The Morgan fingerprint density at radius 2 is 2.18 bits per heavy atom. The van der Waals surface area contributed by atoms with E-state index >= 15 is 0 Å². The maximum atomic E-state index is 5.36. The van der Waals surface area contributed by atoms with Crippen LogP contribution in [0.25, 0.3) is 0 Å². The van der Waals surface area contributed by atoms with E-state index < -0.39 is 0 Å².